The van der Waals surface area contributed by atoms with E-state index in [4.69, 9.17) is 28.2 Å². The van der Waals surface area contributed by atoms with Crippen LogP contribution in [0.25, 0.3) is 10.9 Å². The van der Waals surface area contributed by atoms with Gasteiger partial charge in [0.1, 0.15) is 17.5 Å². The summed E-state index contributed by atoms with van der Waals surface area (Å²) in [5.41, 5.74) is 1.26. The van der Waals surface area contributed by atoms with E-state index in [2.05, 4.69) is 23.7 Å². The van der Waals surface area contributed by atoms with Crippen LogP contribution in [0.2, 0.25) is 10.0 Å². The second-order valence-electron chi connectivity index (χ2n) is 9.51. The van der Waals surface area contributed by atoms with E-state index < -0.39 is 0 Å². The van der Waals surface area contributed by atoms with Crippen LogP contribution in [0.1, 0.15) is 33.0 Å². The number of aryl methyl sites for hydroxylation is 1. The number of carbonyl (C=O) groups excluding carboxylic acids is 1. The summed E-state index contributed by atoms with van der Waals surface area (Å²) in [4.78, 5) is 28.6. The minimum Gasteiger partial charge on any atom is -0.366 e. The van der Waals surface area contributed by atoms with Gasteiger partial charge in [-0.3, -0.25) is 4.79 Å². The van der Waals surface area contributed by atoms with Crippen LogP contribution in [0.4, 0.5) is 15.9 Å². The van der Waals surface area contributed by atoms with Crippen molar-refractivity contribution in [1.29, 1.82) is 0 Å². The highest BCUT2D eigenvalue weighted by Gasteiger charge is 2.24. The molecule has 0 radical (unpaired) electrons. The maximum absolute atomic E-state index is 14.2. The van der Waals surface area contributed by atoms with Crippen molar-refractivity contribution in [2.24, 2.45) is 5.92 Å². The predicted molar refractivity (Wildman–Crippen MR) is 146 cm³/mol. The molecule has 1 aliphatic rings. The van der Waals surface area contributed by atoms with Gasteiger partial charge in [-0.15, -0.1) is 0 Å². The van der Waals surface area contributed by atoms with Gasteiger partial charge in [-0.05, 0) is 30.2 Å². The number of hydrogen-bond donors (Lipinski definition) is 0. The van der Waals surface area contributed by atoms with E-state index in [1.54, 1.807) is 18.2 Å². The van der Waals surface area contributed by atoms with Gasteiger partial charge < -0.3 is 14.7 Å². The number of hydrogen-bond acceptors (Lipinski definition) is 5. The van der Waals surface area contributed by atoms with Gasteiger partial charge in [0.15, 0.2) is 0 Å². The van der Waals surface area contributed by atoms with Crippen molar-refractivity contribution in [1.82, 2.24) is 14.9 Å². The smallest absolute Gasteiger partial charge is 0.224 e. The summed E-state index contributed by atoms with van der Waals surface area (Å²) in [6, 6.07) is 10.3. The average Bonchev–Trinajstić information content (AvgIpc) is 2.86. The van der Waals surface area contributed by atoms with Gasteiger partial charge in [0.2, 0.25) is 5.91 Å². The lowest BCUT2D eigenvalue weighted by Crippen LogP contribution is -2.49. The predicted octanol–water partition coefficient (Wildman–Crippen LogP) is 5.84. The second kappa shape index (κ2) is 11.6. The third-order valence-electron chi connectivity index (χ3n) is 6.37. The molecule has 1 aromatic heterocycles. The zero-order valence-corrected chi connectivity index (χ0v) is 22.5. The molecule has 6 nitrogen and oxygen atoms in total. The molecule has 36 heavy (non-hydrogen) atoms. The molecule has 0 atom stereocenters. The molecule has 0 saturated carbocycles. The van der Waals surface area contributed by atoms with Crippen molar-refractivity contribution in [2.45, 2.75) is 33.6 Å². The third-order valence-corrected chi connectivity index (χ3v) is 6.87. The summed E-state index contributed by atoms with van der Waals surface area (Å²) in [5, 5.41) is 1.80. The number of piperazine rings is 1. The zero-order chi connectivity index (χ0) is 25.8. The molecular weight excluding hydrogens is 500 g/mol. The quantitative estimate of drug-likeness (QED) is 0.365. The fraction of sp³-hybridized carbons (Fsp3) is 0.444. The van der Waals surface area contributed by atoms with Gasteiger partial charge in [-0.1, -0.05) is 56.1 Å². The first-order chi connectivity index (χ1) is 17.3. The number of nitrogens with zero attached hydrogens (tertiary/aromatic N) is 5. The Morgan fingerprint density at radius 2 is 1.83 bits per heavy atom. The Labute approximate surface area is 222 Å². The van der Waals surface area contributed by atoms with E-state index in [1.165, 1.54) is 6.07 Å². The SMILES string of the molecule is CCc1nc(N(CCC(=O)N2CCN(c3ccccc3F)CC2)CC(C)C)c2cc(Cl)cc(Cl)c2n1. The number of aromatic nitrogens is 2. The molecule has 2 aromatic carbocycles. The molecule has 0 spiro atoms. The first-order valence-electron chi connectivity index (χ1n) is 12.4. The highest BCUT2D eigenvalue weighted by Crippen LogP contribution is 2.33. The fourth-order valence-corrected chi connectivity index (χ4v) is 5.14. The number of fused-ring (bicyclic) bond motifs is 1. The monoisotopic (exact) mass is 531 g/mol. The van der Waals surface area contributed by atoms with Gasteiger partial charge in [0.05, 0.1) is 16.2 Å². The van der Waals surface area contributed by atoms with Crippen molar-refractivity contribution >= 4 is 51.5 Å². The number of anilines is 2. The molecule has 0 bridgehead atoms. The maximum Gasteiger partial charge on any atom is 0.224 e. The summed E-state index contributed by atoms with van der Waals surface area (Å²) in [6.45, 7) is 9.88. The summed E-state index contributed by atoms with van der Waals surface area (Å²) in [7, 11) is 0. The normalized spacial score (nSPS) is 14.1. The van der Waals surface area contributed by atoms with E-state index in [-0.39, 0.29) is 11.7 Å². The van der Waals surface area contributed by atoms with Crippen LogP contribution < -0.4 is 9.80 Å². The van der Waals surface area contributed by atoms with E-state index in [0.29, 0.717) is 78.6 Å². The van der Waals surface area contributed by atoms with E-state index in [9.17, 15) is 9.18 Å². The number of carbonyl (C=O) groups is 1. The Kier molecular flexibility index (Phi) is 8.52. The first-order valence-corrected chi connectivity index (χ1v) is 13.2. The van der Waals surface area contributed by atoms with Crippen LogP contribution in [0.15, 0.2) is 36.4 Å². The van der Waals surface area contributed by atoms with Crippen molar-refractivity contribution in [3.63, 3.8) is 0 Å². The van der Waals surface area contributed by atoms with Gasteiger partial charge in [-0.2, -0.15) is 0 Å². The maximum atomic E-state index is 14.2. The van der Waals surface area contributed by atoms with Crippen molar-refractivity contribution < 1.29 is 9.18 Å². The van der Waals surface area contributed by atoms with Crippen molar-refractivity contribution in [3.8, 4) is 0 Å². The number of para-hydroxylation sites is 1. The highest BCUT2D eigenvalue weighted by atomic mass is 35.5. The lowest BCUT2D eigenvalue weighted by molar-refractivity contribution is -0.131. The first kappa shape index (κ1) is 26.4. The van der Waals surface area contributed by atoms with Gasteiger partial charge in [0, 0.05) is 62.5 Å². The number of rotatable bonds is 8. The molecule has 0 N–H and O–H groups in total. The van der Waals surface area contributed by atoms with E-state index >= 15 is 0 Å². The summed E-state index contributed by atoms with van der Waals surface area (Å²) < 4.78 is 14.2. The molecule has 9 heteroatoms. The van der Waals surface area contributed by atoms with Gasteiger partial charge in [-0.25, -0.2) is 14.4 Å². The topological polar surface area (TPSA) is 52.6 Å². The molecular formula is C27H32Cl2FN5O. The minimum absolute atomic E-state index is 0.0853. The molecule has 1 saturated heterocycles. The Morgan fingerprint density at radius 3 is 2.50 bits per heavy atom. The standard InChI is InChI=1S/C27H32Cl2FN5O/c1-4-24-31-26-20(15-19(28)16-21(26)29)27(32-24)35(17-18(2)3)10-9-25(36)34-13-11-33(12-14-34)23-8-6-5-7-22(23)30/h5-8,15-16,18H,4,9-14,17H2,1-3H3. The zero-order valence-electron chi connectivity index (χ0n) is 21.0. The van der Waals surface area contributed by atoms with Crippen LogP contribution in [0, 0.1) is 11.7 Å². The Hall–Kier alpha value is -2.64. The van der Waals surface area contributed by atoms with Gasteiger partial charge >= 0.3 is 0 Å². The Morgan fingerprint density at radius 1 is 1.11 bits per heavy atom. The van der Waals surface area contributed by atoms with E-state index in [1.807, 2.05) is 28.9 Å². The highest BCUT2D eigenvalue weighted by molar-refractivity contribution is 6.38. The van der Waals surface area contributed by atoms with E-state index in [0.717, 1.165) is 17.7 Å². The van der Waals surface area contributed by atoms with Gasteiger partial charge in [0.25, 0.3) is 0 Å². The molecule has 4 rings (SSSR count). The molecule has 0 unspecified atom stereocenters. The molecule has 1 aliphatic heterocycles. The number of benzene rings is 2. The summed E-state index contributed by atoms with van der Waals surface area (Å²) in [6.07, 6.45) is 1.02. The Balaban J connectivity index is 1.49. The van der Waals surface area contributed by atoms with Crippen LogP contribution in [0.5, 0.6) is 0 Å². The Bertz CT molecular complexity index is 1230. The van der Waals surface area contributed by atoms with Crippen molar-refractivity contribution in [2.75, 3.05) is 49.1 Å². The molecule has 3 aromatic rings. The fourth-order valence-electron chi connectivity index (χ4n) is 4.60. The molecule has 192 valence electrons. The largest absolute Gasteiger partial charge is 0.366 e. The van der Waals surface area contributed by atoms with Crippen LogP contribution in [-0.4, -0.2) is 60.0 Å². The molecule has 0 aliphatic carbocycles. The lowest BCUT2D eigenvalue weighted by Gasteiger charge is -2.36. The molecule has 1 fully saturated rings. The molecule has 1 amide bonds. The lowest BCUT2D eigenvalue weighted by atomic mass is 10.1. The summed E-state index contributed by atoms with van der Waals surface area (Å²) >= 11 is 12.8. The van der Waals surface area contributed by atoms with Crippen LogP contribution in [0.3, 0.4) is 0 Å². The third kappa shape index (κ3) is 6.01. The van der Waals surface area contributed by atoms with Crippen LogP contribution in [-0.2, 0) is 11.2 Å². The van der Waals surface area contributed by atoms with Crippen molar-refractivity contribution in [3.05, 3.63) is 58.1 Å². The van der Waals surface area contributed by atoms with Crippen LogP contribution >= 0.6 is 23.2 Å². The average molecular weight is 532 g/mol. The number of halogens is 3. The molecule has 2 heterocycles. The minimum atomic E-state index is -0.231. The second-order valence-corrected chi connectivity index (χ2v) is 10.4. The number of amides is 1. The summed E-state index contributed by atoms with van der Waals surface area (Å²) in [5.74, 6) is 1.67.